The van der Waals surface area contributed by atoms with Gasteiger partial charge >= 0.3 is 5.97 Å². The second kappa shape index (κ2) is 19.6. The maximum atomic E-state index is 14.0. The number of aliphatic hydroxyl groups excluding tert-OH is 1. The number of carboxylic acids is 1. The zero-order chi connectivity index (χ0) is 45.4. The zero-order valence-electron chi connectivity index (χ0n) is 35.3. The molecule has 1 aromatic carbocycles. The summed E-state index contributed by atoms with van der Waals surface area (Å²) in [5.74, 6) is -4.67. The van der Waals surface area contributed by atoms with Crippen molar-refractivity contribution >= 4 is 75.5 Å². The summed E-state index contributed by atoms with van der Waals surface area (Å²) in [6.07, 6.45) is 6.37. The Labute approximate surface area is 359 Å². The highest BCUT2D eigenvalue weighted by Gasteiger charge is 2.62. The van der Waals surface area contributed by atoms with E-state index >= 15 is 0 Å². The molecule has 328 valence electrons. The Kier molecular flexibility index (Phi) is 15.3. The molecule has 4 unspecified atom stereocenters. The molecule has 1 aromatic rings. The van der Waals surface area contributed by atoms with Gasteiger partial charge in [-0.05, 0) is 109 Å². The van der Waals surface area contributed by atoms with E-state index in [4.69, 9.17) is 17.0 Å². The zero-order valence-corrected chi connectivity index (χ0v) is 36.1. The van der Waals surface area contributed by atoms with Crippen LogP contribution in [0.4, 0.5) is 5.69 Å². The molecule has 1 heterocycles. The molecule has 0 spiro atoms. The van der Waals surface area contributed by atoms with E-state index in [1.807, 2.05) is 0 Å². The third-order valence-electron chi connectivity index (χ3n) is 11.5. The summed E-state index contributed by atoms with van der Waals surface area (Å²) in [6.45, 7) is 9.80. The Balaban J connectivity index is 1.42. The Morgan fingerprint density at radius 1 is 0.869 bits per heavy atom. The number of aromatic carboxylic acids is 1. The summed E-state index contributed by atoms with van der Waals surface area (Å²) in [5.41, 5.74) is -3.02. The van der Waals surface area contributed by atoms with Crippen molar-refractivity contribution in [3.8, 4) is 0 Å². The number of ether oxygens (including phenoxy) is 1. The first-order chi connectivity index (χ1) is 28.5. The molecule has 2 aliphatic carbocycles. The molecule has 0 fully saturated rings. The fourth-order valence-electron chi connectivity index (χ4n) is 7.42. The SMILES string of the molecule is CC(=O)CNC(=O)CNC(=O)C(C)(C(C)(C)C(=O)NCCCNC(=S)Nc1ccc(C2=C3C=CC(=O)C=C3OC3CC(=O)C=CC23)c(C(=O)O)c1)C(C)(C)C(=O)NCC(C)O. The number of hydrogen-bond donors (Lipinski definition) is 8. The number of thiocarbonyl (C=S) groups is 1. The minimum atomic E-state index is -1.78. The van der Waals surface area contributed by atoms with Gasteiger partial charge in [0, 0.05) is 49.3 Å². The van der Waals surface area contributed by atoms with Gasteiger partial charge in [-0.3, -0.25) is 33.6 Å². The smallest absolute Gasteiger partial charge is 0.336 e. The first-order valence-electron chi connectivity index (χ1n) is 19.8. The predicted molar refractivity (Wildman–Crippen MR) is 229 cm³/mol. The van der Waals surface area contributed by atoms with Gasteiger partial charge in [-0.25, -0.2) is 4.79 Å². The summed E-state index contributed by atoms with van der Waals surface area (Å²) in [5, 5.41) is 36.6. The number of fused-ring (bicyclic) bond motifs is 2. The molecule has 0 aromatic heterocycles. The number of carbonyl (C=O) groups excluding carboxylic acids is 7. The van der Waals surface area contributed by atoms with E-state index in [-0.39, 0.29) is 66.4 Å². The molecule has 17 nitrogen and oxygen atoms in total. The van der Waals surface area contributed by atoms with Crippen molar-refractivity contribution < 1.29 is 53.3 Å². The van der Waals surface area contributed by atoms with Gasteiger partial charge in [-0.1, -0.05) is 12.1 Å². The Bertz CT molecular complexity index is 2140. The van der Waals surface area contributed by atoms with Crippen LogP contribution in [0, 0.1) is 22.2 Å². The third-order valence-corrected chi connectivity index (χ3v) is 11.7. The highest BCUT2D eigenvalue weighted by Crippen LogP contribution is 2.52. The molecule has 1 aliphatic heterocycles. The van der Waals surface area contributed by atoms with Crippen LogP contribution in [0.15, 0.2) is 59.9 Å². The number of hydrogen-bond acceptors (Lipinski definition) is 11. The summed E-state index contributed by atoms with van der Waals surface area (Å²) < 4.78 is 6.03. The molecule has 4 atom stereocenters. The number of allylic oxidation sites excluding steroid dienone is 4. The van der Waals surface area contributed by atoms with Crippen LogP contribution in [0.2, 0.25) is 0 Å². The lowest BCUT2D eigenvalue weighted by Crippen LogP contribution is -2.65. The minimum Gasteiger partial charge on any atom is -0.488 e. The minimum absolute atomic E-state index is 0.0447. The Morgan fingerprint density at radius 3 is 2.16 bits per heavy atom. The molecular formula is C43H54N6O11S. The Morgan fingerprint density at radius 2 is 1.52 bits per heavy atom. The maximum Gasteiger partial charge on any atom is 0.336 e. The number of amides is 4. The van der Waals surface area contributed by atoms with Crippen LogP contribution in [-0.2, 0) is 38.3 Å². The molecular weight excluding hydrogens is 809 g/mol. The van der Waals surface area contributed by atoms with Crippen LogP contribution in [0.5, 0.6) is 0 Å². The standard InChI is InChI=1S/C43H54N6O11S/c1-23(50)20-46-34(54)22-48-39(59)43(7,42(5,6)38(58)47-21-24(2)51)41(3,4)37(57)44-15-8-16-45-40(61)49-25-9-12-28(31(17-25)36(55)56)35-29-13-10-26(52)18-32(29)60-33-19-27(53)11-14-30(33)35/h9-14,17-18,24,30,33,51H,8,15-16,19-22H2,1-7H3,(H,44,57)(H,46,54)(H,47,58)(H,48,59)(H,55,56)(H2,45,49,61). The number of rotatable bonds is 18. The number of benzene rings is 1. The second-order valence-electron chi connectivity index (χ2n) is 16.4. The maximum absolute atomic E-state index is 14.0. The lowest BCUT2D eigenvalue weighted by atomic mass is 9.52. The van der Waals surface area contributed by atoms with Crippen molar-refractivity contribution in [1.82, 2.24) is 26.6 Å². The van der Waals surface area contributed by atoms with Gasteiger partial charge in [-0.2, -0.15) is 0 Å². The van der Waals surface area contributed by atoms with Crippen molar-refractivity contribution in [2.75, 3.05) is 38.0 Å². The van der Waals surface area contributed by atoms with Gasteiger partial charge < -0.3 is 46.9 Å². The van der Waals surface area contributed by atoms with E-state index in [0.717, 1.165) is 0 Å². The van der Waals surface area contributed by atoms with E-state index < -0.39 is 70.5 Å². The normalized spacial score (nSPS) is 18.5. The number of nitrogens with one attached hydrogen (secondary N) is 6. The largest absolute Gasteiger partial charge is 0.488 e. The number of aliphatic hydroxyl groups is 1. The molecule has 0 saturated carbocycles. The molecule has 8 N–H and O–H groups in total. The average Bonchev–Trinajstić information content (AvgIpc) is 3.19. The van der Waals surface area contributed by atoms with Gasteiger partial charge in [0.25, 0.3) is 0 Å². The monoisotopic (exact) mass is 862 g/mol. The summed E-state index contributed by atoms with van der Waals surface area (Å²) in [7, 11) is 0. The summed E-state index contributed by atoms with van der Waals surface area (Å²) >= 11 is 5.47. The lowest BCUT2D eigenvalue weighted by molar-refractivity contribution is -0.166. The summed E-state index contributed by atoms with van der Waals surface area (Å²) in [4.78, 5) is 102. The second-order valence-corrected chi connectivity index (χ2v) is 16.8. The third kappa shape index (κ3) is 10.8. The average molecular weight is 863 g/mol. The molecule has 0 radical (unpaired) electrons. The quantitative estimate of drug-likeness (QED) is 0.0775. The molecule has 61 heavy (non-hydrogen) atoms. The predicted octanol–water partition coefficient (Wildman–Crippen LogP) is 1.88. The van der Waals surface area contributed by atoms with E-state index in [0.29, 0.717) is 28.8 Å². The van der Waals surface area contributed by atoms with Gasteiger partial charge in [0.05, 0.1) is 41.0 Å². The first-order valence-corrected chi connectivity index (χ1v) is 20.2. The molecule has 3 aliphatic rings. The fraction of sp³-hybridized carbons (Fsp3) is 0.465. The number of ketones is 3. The topological polar surface area (TPSA) is 258 Å². The van der Waals surface area contributed by atoms with Crippen LogP contribution in [0.3, 0.4) is 0 Å². The van der Waals surface area contributed by atoms with Crippen LogP contribution in [0.1, 0.15) is 77.2 Å². The molecule has 0 bridgehead atoms. The van der Waals surface area contributed by atoms with E-state index in [2.05, 4.69) is 31.9 Å². The fourth-order valence-corrected chi connectivity index (χ4v) is 7.64. The van der Waals surface area contributed by atoms with E-state index in [9.17, 15) is 48.6 Å². The molecule has 4 rings (SSSR count). The number of carboxylic acid groups (broad SMARTS) is 1. The summed E-state index contributed by atoms with van der Waals surface area (Å²) in [6, 6.07) is 4.73. The number of carbonyl (C=O) groups is 8. The van der Waals surface area contributed by atoms with Crippen molar-refractivity contribution in [3.63, 3.8) is 0 Å². The van der Waals surface area contributed by atoms with Crippen molar-refractivity contribution in [2.24, 2.45) is 22.2 Å². The van der Waals surface area contributed by atoms with Crippen LogP contribution in [0.25, 0.3) is 5.57 Å². The van der Waals surface area contributed by atoms with E-state index in [1.54, 1.807) is 24.3 Å². The highest BCUT2D eigenvalue weighted by atomic mass is 32.1. The van der Waals surface area contributed by atoms with Crippen molar-refractivity contribution in [2.45, 2.75) is 73.5 Å². The van der Waals surface area contributed by atoms with Crippen LogP contribution >= 0.6 is 12.2 Å². The highest BCUT2D eigenvalue weighted by molar-refractivity contribution is 7.80. The Hall–Kier alpha value is -6.01. The molecule has 4 amide bonds. The lowest BCUT2D eigenvalue weighted by Gasteiger charge is -2.50. The number of anilines is 1. The van der Waals surface area contributed by atoms with Crippen LogP contribution in [-0.4, -0.2) is 107 Å². The number of Topliss-reactive ketones (excluding diaryl/α,β-unsaturated/α-hetero) is 1. The van der Waals surface area contributed by atoms with Gasteiger partial charge in [0.15, 0.2) is 16.7 Å². The van der Waals surface area contributed by atoms with Crippen molar-refractivity contribution in [3.05, 3.63) is 71.0 Å². The van der Waals surface area contributed by atoms with Gasteiger partial charge in [0.2, 0.25) is 23.6 Å². The molecule has 0 saturated heterocycles. The van der Waals surface area contributed by atoms with Gasteiger partial charge in [0.1, 0.15) is 17.6 Å². The molecule has 18 heteroatoms. The van der Waals surface area contributed by atoms with Crippen molar-refractivity contribution in [1.29, 1.82) is 0 Å². The van der Waals surface area contributed by atoms with E-state index in [1.165, 1.54) is 72.8 Å². The first kappa shape index (κ1) is 47.7. The van der Waals surface area contributed by atoms with Gasteiger partial charge in [-0.15, -0.1) is 0 Å². The van der Waals surface area contributed by atoms with Crippen LogP contribution < -0.4 is 31.9 Å².